The number of unbranched alkanes of at least 4 members (excludes halogenated alkanes) is 1. The second kappa shape index (κ2) is 5.30. The van der Waals surface area contributed by atoms with Crippen molar-refractivity contribution in [2.24, 2.45) is 0 Å². The first-order chi connectivity index (χ1) is 6.38. The number of hydrogen-bond donors (Lipinski definition) is 1. The molecule has 0 saturated carbocycles. The van der Waals surface area contributed by atoms with Crippen molar-refractivity contribution in [2.45, 2.75) is 26.2 Å². The van der Waals surface area contributed by atoms with E-state index in [-0.39, 0.29) is 0 Å². The Bertz CT molecular complexity index is 273. The lowest BCUT2D eigenvalue weighted by molar-refractivity contribution is -0.105. The van der Waals surface area contributed by atoms with Crippen molar-refractivity contribution in [1.29, 1.82) is 0 Å². The van der Waals surface area contributed by atoms with Gasteiger partial charge in [-0.2, -0.15) is 0 Å². The SMILES string of the molecule is CCCCc1cccnc1NC=O. The van der Waals surface area contributed by atoms with Gasteiger partial charge >= 0.3 is 0 Å². The summed E-state index contributed by atoms with van der Waals surface area (Å²) in [4.78, 5) is 14.3. The highest BCUT2D eigenvalue weighted by molar-refractivity contribution is 5.70. The molecular formula is C10H14N2O. The first-order valence-electron chi connectivity index (χ1n) is 4.52. The van der Waals surface area contributed by atoms with Crippen LogP contribution in [-0.4, -0.2) is 11.4 Å². The minimum Gasteiger partial charge on any atom is -0.313 e. The first-order valence-corrected chi connectivity index (χ1v) is 4.52. The van der Waals surface area contributed by atoms with Gasteiger partial charge in [-0.05, 0) is 24.5 Å². The van der Waals surface area contributed by atoms with Crippen molar-refractivity contribution in [3.63, 3.8) is 0 Å². The van der Waals surface area contributed by atoms with E-state index in [9.17, 15) is 4.79 Å². The number of amides is 1. The summed E-state index contributed by atoms with van der Waals surface area (Å²) < 4.78 is 0. The first kappa shape index (κ1) is 9.71. The fraction of sp³-hybridized carbons (Fsp3) is 0.400. The number of pyridine rings is 1. The summed E-state index contributed by atoms with van der Waals surface area (Å²) in [7, 11) is 0. The molecule has 13 heavy (non-hydrogen) atoms. The fourth-order valence-corrected chi connectivity index (χ4v) is 1.19. The lowest BCUT2D eigenvalue weighted by atomic mass is 10.1. The van der Waals surface area contributed by atoms with Gasteiger partial charge in [0.15, 0.2) is 0 Å². The predicted octanol–water partition coefficient (Wildman–Crippen LogP) is 1.99. The van der Waals surface area contributed by atoms with E-state index in [0.29, 0.717) is 12.2 Å². The van der Waals surface area contributed by atoms with E-state index in [1.54, 1.807) is 6.20 Å². The minimum atomic E-state index is 0.664. The summed E-state index contributed by atoms with van der Waals surface area (Å²) in [5.74, 6) is 0.686. The quantitative estimate of drug-likeness (QED) is 0.700. The molecule has 1 aromatic rings. The molecule has 0 atom stereocenters. The van der Waals surface area contributed by atoms with Crippen LogP contribution >= 0.6 is 0 Å². The van der Waals surface area contributed by atoms with Gasteiger partial charge in [0.25, 0.3) is 0 Å². The molecular weight excluding hydrogens is 164 g/mol. The Morgan fingerprint density at radius 3 is 3.15 bits per heavy atom. The van der Waals surface area contributed by atoms with Crippen LogP contribution in [0, 0.1) is 0 Å². The summed E-state index contributed by atoms with van der Waals surface area (Å²) in [6.45, 7) is 2.14. The molecule has 0 saturated heterocycles. The summed E-state index contributed by atoms with van der Waals surface area (Å²) in [5, 5.41) is 2.59. The van der Waals surface area contributed by atoms with Crippen molar-refractivity contribution in [3.8, 4) is 0 Å². The third kappa shape index (κ3) is 2.86. The Hall–Kier alpha value is -1.38. The summed E-state index contributed by atoms with van der Waals surface area (Å²) in [6.07, 6.45) is 5.59. The van der Waals surface area contributed by atoms with Crippen LogP contribution in [0.4, 0.5) is 5.82 Å². The van der Waals surface area contributed by atoms with Gasteiger partial charge in [-0.25, -0.2) is 4.98 Å². The van der Waals surface area contributed by atoms with Crippen LogP contribution in [0.15, 0.2) is 18.3 Å². The van der Waals surface area contributed by atoms with Crippen molar-refractivity contribution in [3.05, 3.63) is 23.9 Å². The van der Waals surface area contributed by atoms with Gasteiger partial charge < -0.3 is 5.32 Å². The third-order valence-corrected chi connectivity index (χ3v) is 1.89. The molecule has 0 unspecified atom stereocenters. The van der Waals surface area contributed by atoms with Gasteiger partial charge in [0.05, 0.1) is 0 Å². The Balaban J connectivity index is 2.71. The van der Waals surface area contributed by atoms with E-state index in [2.05, 4.69) is 17.2 Å². The molecule has 3 nitrogen and oxygen atoms in total. The van der Waals surface area contributed by atoms with E-state index < -0.39 is 0 Å². The molecule has 70 valence electrons. The monoisotopic (exact) mass is 178 g/mol. The average Bonchev–Trinajstić information content (AvgIpc) is 2.17. The molecule has 0 spiro atoms. The number of hydrogen-bond acceptors (Lipinski definition) is 2. The van der Waals surface area contributed by atoms with E-state index in [4.69, 9.17) is 0 Å². The molecule has 3 heteroatoms. The number of nitrogens with one attached hydrogen (secondary N) is 1. The van der Waals surface area contributed by atoms with E-state index in [1.165, 1.54) is 0 Å². The zero-order valence-corrected chi connectivity index (χ0v) is 7.79. The van der Waals surface area contributed by atoms with Gasteiger partial charge in [0.1, 0.15) is 5.82 Å². The van der Waals surface area contributed by atoms with Gasteiger partial charge in [0, 0.05) is 6.20 Å². The fourth-order valence-electron chi connectivity index (χ4n) is 1.19. The molecule has 0 radical (unpaired) electrons. The van der Waals surface area contributed by atoms with Crippen molar-refractivity contribution in [1.82, 2.24) is 4.98 Å². The van der Waals surface area contributed by atoms with Crippen LogP contribution in [0.1, 0.15) is 25.3 Å². The maximum atomic E-state index is 10.2. The molecule has 1 heterocycles. The van der Waals surface area contributed by atoms with Crippen molar-refractivity contribution >= 4 is 12.2 Å². The van der Waals surface area contributed by atoms with Gasteiger partial charge in [-0.3, -0.25) is 4.79 Å². The summed E-state index contributed by atoms with van der Waals surface area (Å²) >= 11 is 0. The number of aromatic nitrogens is 1. The minimum absolute atomic E-state index is 0.664. The van der Waals surface area contributed by atoms with Gasteiger partial charge in [-0.1, -0.05) is 19.4 Å². The maximum absolute atomic E-state index is 10.2. The standard InChI is InChI=1S/C10H14N2O/c1-2-3-5-9-6-4-7-11-10(9)12-8-13/h4,6-8H,2-3,5H2,1H3,(H,11,12,13). The van der Waals surface area contributed by atoms with Gasteiger partial charge in [0.2, 0.25) is 6.41 Å². The van der Waals surface area contributed by atoms with Crippen LogP contribution in [0.2, 0.25) is 0 Å². The van der Waals surface area contributed by atoms with Crippen molar-refractivity contribution < 1.29 is 4.79 Å². The zero-order valence-electron chi connectivity index (χ0n) is 7.79. The summed E-state index contributed by atoms with van der Waals surface area (Å²) in [6, 6.07) is 3.88. The second-order valence-electron chi connectivity index (χ2n) is 2.88. The zero-order chi connectivity index (χ0) is 9.52. The Morgan fingerprint density at radius 1 is 1.62 bits per heavy atom. The molecule has 1 amide bonds. The maximum Gasteiger partial charge on any atom is 0.212 e. The molecule has 0 fully saturated rings. The highest BCUT2D eigenvalue weighted by Gasteiger charge is 2.00. The Kier molecular flexibility index (Phi) is 3.96. The van der Waals surface area contributed by atoms with E-state index >= 15 is 0 Å². The number of rotatable bonds is 5. The van der Waals surface area contributed by atoms with Crippen LogP contribution in [0.25, 0.3) is 0 Å². The number of nitrogens with zero attached hydrogens (tertiary/aromatic N) is 1. The lowest BCUT2D eigenvalue weighted by Crippen LogP contribution is -2.01. The highest BCUT2D eigenvalue weighted by Crippen LogP contribution is 2.13. The number of anilines is 1. The molecule has 1 N–H and O–H groups in total. The van der Waals surface area contributed by atoms with Crippen LogP contribution < -0.4 is 5.32 Å². The predicted molar refractivity (Wildman–Crippen MR) is 52.5 cm³/mol. The van der Waals surface area contributed by atoms with E-state index in [1.807, 2.05) is 12.1 Å². The molecule has 0 aromatic carbocycles. The highest BCUT2D eigenvalue weighted by atomic mass is 16.1. The molecule has 1 aromatic heterocycles. The molecule has 1 rings (SSSR count). The normalized spacial score (nSPS) is 9.62. The molecule has 0 aliphatic carbocycles. The molecule has 0 bridgehead atoms. The Labute approximate surface area is 78.2 Å². The third-order valence-electron chi connectivity index (χ3n) is 1.89. The van der Waals surface area contributed by atoms with Crippen LogP contribution in [0.5, 0.6) is 0 Å². The summed E-state index contributed by atoms with van der Waals surface area (Å²) in [5.41, 5.74) is 1.11. The Morgan fingerprint density at radius 2 is 2.46 bits per heavy atom. The molecule has 0 aliphatic rings. The largest absolute Gasteiger partial charge is 0.313 e. The van der Waals surface area contributed by atoms with Crippen molar-refractivity contribution in [2.75, 3.05) is 5.32 Å². The number of carbonyl (C=O) groups is 1. The van der Waals surface area contributed by atoms with E-state index in [0.717, 1.165) is 24.8 Å². The molecule has 0 aliphatic heterocycles. The number of carbonyl (C=O) groups excluding carboxylic acids is 1. The lowest BCUT2D eigenvalue weighted by Gasteiger charge is -2.05. The average molecular weight is 178 g/mol. The number of aryl methyl sites for hydroxylation is 1. The smallest absolute Gasteiger partial charge is 0.212 e. The van der Waals surface area contributed by atoms with Crippen LogP contribution in [0.3, 0.4) is 0 Å². The topological polar surface area (TPSA) is 42.0 Å². The second-order valence-corrected chi connectivity index (χ2v) is 2.88. The van der Waals surface area contributed by atoms with Crippen LogP contribution in [-0.2, 0) is 11.2 Å². The van der Waals surface area contributed by atoms with Gasteiger partial charge in [-0.15, -0.1) is 0 Å².